The predicted molar refractivity (Wildman–Crippen MR) is 93.2 cm³/mol. The van der Waals surface area contributed by atoms with Crippen molar-refractivity contribution < 1.29 is 9.18 Å². The fourth-order valence-electron chi connectivity index (χ4n) is 2.56. The summed E-state index contributed by atoms with van der Waals surface area (Å²) in [6.07, 6.45) is 4.60. The smallest absolute Gasteiger partial charge is 0.246 e. The van der Waals surface area contributed by atoms with Crippen molar-refractivity contribution in [1.29, 1.82) is 0 Å². The maximum Gasteiger partial charge on any atom is 0.246 e. The van der Waals surface area contributed by atoms with Crippen LogP contribution < -0.4 is 5.43 Å². The second kappa shape index (κ2) is 6.37. The summed E-state index contributed by atoms with van der Waals surface area (Å²) in [5.74, 6) is 0.336. The molecule has 0 bridgehead atoms. The van der Waals surface area contributed by atoms with Gasteiger partial charge in [-0.1, -0.05) is 0 Å². The zero-order chi connectivity index (χ0) is 16.5. The first-order valence-corrected chi connectivity index (χ1v) is 9.25. The van der Waals surface area contributed by atoms with Gasteiger partial charge in [0.25, 0.3) is 0 Å². The largest absolute Gasteiger partial charge is 0.297 e. The van der Waals surface area contributed by atoms with E-state index in [4.69, 9.17) is 0 Å². The van der Waals surface area contributed by atoms with E-state index in [9.17, 15) is 9.18 Å². The number of hydrazone groups is 1. The normalized spacial score (nSPS) is 15.6. The lowest BCUT2D eigenvalue weighted by Crippen LogP contribution is -2.23. The minimum Gasteiger partial charge on any atom is -0.297 e. The molecule has 0 saturated heterocycles. The summed E-state index contributed by atoms with van der Waals surface area (Å²) in [5.41, 5.74) is 4.74. The third kappa shape index (κ3) is 3.07. The number of nitrogens with zero attached hydrogens (tertiary/aromatic N) is 3. The van der Waals surface area contributed by atoms with E-state index >= 15 is 0 Å². The second-order valence-corrected chi connectivity index (χ2v) is 7.34. The number of carbonyl (C=O) groups excluding carboxylic acids is 1. The molecule has 122 valence electrons. The quantitative estimate of drug-likeness (QED) is 0.730. The van der Waals surface area contributed by atoms with Gasteiger partial charge in [-0.2, -0.15) is 5.10 Å². The number of amides is 1. The number of thioether (sulfide) groups is 1. The number of carbonyl (C=O) groups is 1. The Bertz CT molecular complexity index is 918. The Hall–Kier alpha value is -2.19. The van der Waals surface area contributed by atoms with E-state index in [1.165, 1.54) is 23.5 Å². The second-order valence-electron chi connectivity index (χ2n) is 5.33. The molecule has 0 saturated carbocycles. The summed E-state index contributed by atoms with van der Waals surface area (Å²) in [5, 5.41) is 6.15. The average Bonchev–Trinajstić information content (AvgIpc) is 3.14. The monoisotopic (exact) mass is 360 g/mol. The summed E-state index contributed by atoms with van der Waals surface area (Å²) in [6.45, 7) is 0. The van der Waals surface area contributed by atoms with Gasteiger partial charge in [-0.3, -0.25) is 9.20 Å². The van der Waals surface area contributed by atoms with Crippen LogP contribution >= 0.6 is 23.1 Å². The highest BCUT2D eigenvalue weighted by Gasteiger charge is 2.17. The van der Waals surface area contributed by atoms with E-state index < -0.39 is 0 Å². The van der Waals surface area contributed by atoms with Crippen molar-refractivity contribution in [2.75, 3.05) is 5.75 Å². The topological polar surface area (TPSA) is 58.8 Å². The first-order valence-electron chi connectivity index (χ1n) is 7.38. The molecule has 3 aromatic rings. The molecule has 0 aliphatic carbocycles. The van der Waals surface area contributed by atoms with E-state index in [2.05, 4.69) is 15.5 Å². The van der Waals surface area contributed by atoms with Gasteiger partial charge in [0.2, 0.25) is 5.91 Å². The molecule has 0 spiro atoms. The van der Waals surface area contributed by atoms with Crippen molar-refractivity contribution >= 4 is 39.7 Å². The zero-order valence-corrected chi connectivity index (χ0v) is 14.2. The standard InChI is InChI=1S/C16H13FN4OS2/c17-10-1-2-14-12(7-10)13(3-5-23-14)19-20-15(22)8-11-9-21-4-6-24-16(21)18-11/h1-2,4,6-7,9H,3,5,8H2,(H,20,22)/b19-13-. The van der Waals surface area contributed by atoms with E-state index in [0.29, 0.717) is 17.8 Å². The number of imidazole rings is 1. The van der Waals surface area contributed by atoms with Crippen LogP contribution in [0.5, 0.6) is 0 Å². The van der Waals surface area contributed by atoms with E-state index in [0.717, 1.165) is 21.2 Å². The van der Waals surface area contributed by atoms with Gasteiger partial charge in [0.05, 0.1) is 17.8 Å². The van der Waals surface area contributed by atoms with Gasteiger partial charge in [-0.05, 0) is 18.2 Å². The molecule has 1 aromatic carbocycles. The Morgan fingerprint density at radius 2 is 2.38 bits per heavy atom. The molecule has 1 aliphatic rings. The summed E-state index contributed by atoms with van der Waals surface area (Å²) in [4.78, 5) is 18.3. The Labute approximate surface area is 145 Å². The predicted octanol–water partition coefficient (Wildman–Crippen LogP) is 3.09. The van der Waals surface area contributed by atoms with Crippen molar-refractivity contribution in [2.45, 2.75) is 17.7 Å². The first kappa shape index (κ1) is 15.3. The highest BCUT2D eigenvalue weighted by molar-refractivity contribution is 7.99. The summed E-state index contributed by atoms with van der Waals surface area (Å²) in [6, 6.07) is 4.66. The van der Waals surface area contributed by atoms with Crippen LogP contribution in [0.15, 0.2) is 46.0 Å². The van der Waals surface area contributed by atoms with Crippen LogP contribution in [-0.4, -0.2) is 26.8 Å². The van der Waals surface area contributed by atoms with Crippen molar-refractivity contribution in [3.05, 3.63) is 53.0 Å². The molecule has 0 atom stereocenters. The third-order valence-corrected chi connectivity index (χ3v) is 5.50. The Morgan fingerprint density at radius 1 is 1.46 bits per heavy atom. The minimum atomic E-state index is -0.298. The highest BCUT2D eigenvalue weighted by Crippen LogP contribution is 2.30. The maximum absolute atomic E-state index is 13.5. The van der Waals surface area contributed by atoms with Gasteiger partial charge in [0.1, 0.15) is 5.82 Å². The fraction of sp³-hybridized carbons (Fsp3) is 0.188. The number of nitrogens with one attached hydrogen (secondary N) is 1. The fourth-order valence-corrected chi connectivity index (χ4v) is 4.29. The van der Waals surface area contributed by atoms with Crippen molar-refractivity contribution in [3.63, 3.8) is 0 Å². The lowest BCUT2D eigenvalue weighted by atomic mass is 10.1. The number of halogens is 1. The minimum absolute atomic E-state index is 0.163. The van der Waals surface area contributed by atoms with Crippen LogP contribution in [0, 0.1) is 5.82 Å². The molecular formula is C16H13FN4OS2. The highest BCUT2D eigenvalue weighted by atomic mass is 32.2. The molecule has 0 radical (unpaired) electrons. The molecule has 0 fully saturated rings. The summed E-state index contributed by atoms with van der Waals surface area (Å²) in [7, 11) is 0. The number of hydrogen-bond acceptors (Lipinski definition) is 5. The lowest BCUT2D eigenvalue weighted by Gasteiger charge is -2.17. The van der Waals surface area contributed by atoms with Crippen LogP contribution in [0.3, 0.4) is 0 Å². The van der Waals surface area contributed by atoms with Gasteiger partial charge in [0, 0.05) is 40.4 Å². The summed E-state index contributed by atoms with van der Waals surface area (Å²) < 4.78 is 15.3. The van der Waals surface area contributed by atoms with E-state index in [1.807, 2.05) is 22.2 Å². The number of benzene rings is 1. The lowest BCUT2D eigenvalue weighted by molar-refractivity contribution is -0.120. The van der Waals surface area contributed by atoms with E-state index in [1.54, 1.807) is 17.8 Å². The molecule has 24 heavy (non-hydrogen) atoms. The Kier molecular flexibility index (Phi) is 4.07. The van der Waals surface area contributed by atoms with Gasteiger partial charge < -0.3 is 0 Å². The van der Waals surface area contributed by atoms with Gasteiger partial charge >= 0.3 is 0 Å². The zero-order valence-electron chi connectivity index (χ0n) is 12.5. The number of rotatable bonds is 3. The Balaban J connectivity index is 1.48. The molecular weight excluding hydrogens is 347 g/mol. The molecule has 1 amide bonds. The van der Waals surface area contributed by atoms with Crippen molar-refractivity contribution in [2.24, 2.45) is 5.10 Å². The molecule has 2 aromatic heterocycles. The van der Waals surface area contributed by atoms with Crippen molar-refractivity contribution in [1.82, 2.24) is 14.8 Å². The van der Waals surface area contributed by atoms with Crippen LogP contribution in [0.2, 0.25) is 0 Å². The van der Waals surface area contributed by atoms with E-state index in [-0.39, 0.29) is 18.1 Å². The molecule has 8 heteroatoms. The molecule has 3 heterocycles. The van der Waals surface area contributed by atoms with Gasteiger partial charge in [0.15, 0.2) is 4.96 Å². The molecule has 1 N–H and O–H groups in total. The number of aromatic nitrogens is 2. The molecule has 0 unspecified atom stereocenters. The Morgan fingerprint density at radius 3 is 3.25 bits per heavy atom. The molecule has 4 rings (SSSR count). The van der Waals surface area contributed by atoms with Gasteiger partial charge in [-0.25, -0.2) is 14.8 Å². The summed E-state index contributed by atoms with van der Waals surface area (Å²) >= 11 is 3.19. The number of thiazole rings is 1. The number of hydrogen-bond donors (Lipinski definition) is 1. The SMILES string of the molecule is O=C(Cc1cn2ccsc2n1)N/N=C1/CCSc2ccc(F)cc21. The first-order chi connectivity index (χ1) is 11.7. The van der Waals surface area contributed by atoms with Crippen LogP contribution in [0.4, 0.5) is 4.39 Å². The molecule has 5 nitrogen and oxygen atoms in total. The molecule has 1 aliphatic heterocycles. The average molecular weight is 360 g/mol. The number of fused-ring (bicyclic) bond motifs is 2. The third-order valence-electron chi connectivity index (χ3n) is 3.65. The van der Waals surface area contributed by atoms with Crippen LogP contribution in [0.25, 0.3) is 4.96 Å². The van der Waals surface area contributed by atoms with Crippen LogP contribution in [0.1, 0.15) is 17.7 Å². The van der Waals surface area contributed by atoms with Gasteiger partial charge in [-0.15, -0.1) is 23.1 Å². The van der Waals surface area contributed by atoms with Crippen molar-refractivity contribution in [3.8, 4) is 0 Å². The van der Waals surface area contributed by atoms with Crippen LogP contribution in [-0.2, 0) is 11.2 Å². The maximum atomic E-state index is 13.5.